The molecule has 1 unspecified atom stereocenters. The highest BCUT2D eigenvalue weighted by Crippen LogP contribution is 2.22. The van der Waals surface area contributed by atoms with Gasteiger partial charge in [0.25, 0.3) is 0 Å². The first-order valence-corrected chi connectivity index (χ1v) is 7.21. The summed E-state index contributed by atoms with van der Waals surface area (Å²) in [6.07, 6.45) is 1.57. The van der Waals surface area contributed by atoms with Crippen LogP contribution in [0.2, 0.25) is 0 Å². The Morgan fingerprint density at radius 2 is 1.90 bits per heavy atom. The molecule has 0 spiro atoms. The van der Waals surface area contributed by atoms with E-state index in [9.17, 15) is 4.79 Å². The maximum absolute atomic E-state index is 12.0. The minimum absolute atomic E-state index is 0.0529. The fourth-order valence-electron chi connectivity index (χ4n) is 2.12. The zero-order chi connectivity index (χ0) is 14.4. The standard InChI is InChI=1S/C17H22N2O/c1-3-13(2)18-12-11-17(20)19-16-10-6-8-14-7-4-5-9-15(14)16/h4-10,13,18H,3,11-12H2,1-2H3,(H,19,20). The van der Waals surface area contributed by atoms with Crippen molar-refractivity contribution in [1.29, 1.82) is 0 Å². The molecule has 20 heavy (non-hydrogen) atoms. The van der Waals surface area contributed by atoms with Gasteiger partial charge in [0.1, 0.15) is 0 Å². The summed E-state index contributed by atoms with van der Waals surface area (Å²) in [6.45, 7) is 4.97. The molecule has 3 heteroatoms. The van der Waals surface area contributed by atoms with Crippen LogP contribution in [0.3, 0.4) is 0 Å². The third kappa shape index (κ3) is 3.81. The van der Waals surface area contributed by atoms with Crippen molar-refractivity contribution in [2.75, 3.05) is 11.9 Å². The van der Waals surface area contributed by atoms with E-state index in [2.05, 4.69) is 36.6 Å². The minimum Gasteiger partial charge on any atom is -0.325 e. The van der Waals surface area contributed by atoms with Crippen LogP contribution in [0, 0.1) is 0 Å². The summed E-state index contributed by atoms with van der Waals surface area (Å²) in [7, 11) is 0. The van der Waals surface area contributed by atoms with Crippen molar-refractivity contribution in [2.45, 2.75) is 32.7 Å². The van der Waals surface area contributed by atoms with Crippen molar-refractivity contribution in [3.05, 3.63) is 42.5 Å². The van der Waals surface area contributed by atoms with Gasteiger partial charge in [-0.3, -0.25) is 4.79 Å². The third-order valence-corrected chi connectivity index (χ3v) is 3.52. The predicted molar refractivity (Wildman–Crippen MR) is 85.0 cm³/mol. The summed E-state index contributed by atoms with van der Waals surface area (Å²) in [5, 5.41) is 8.55. The molecule has 0 bridgehead atoms. The lowest BCUT2D eigenvalue weighted by Crippen LogP contribution is -2.28. The molecule has 1 atom stereocenters. The van der Waals surface area contributed by atoms with Crippen LogP contribution in [-0.2, 0) is 4.79 Å². The van der Waals surface area contributed by atoms with E-state index in [0.717, 1.165) is 22.9 Å². The lowest BCUT2D eigenvalue weighted by molar-refractivity contribution is -0.116. The topological polar surface area (TPSA) is 41.1 Å². The van der Waals surface area contributed by atoms with Gasteiger partial charge in [0.05, 0.1) is 0 Å². The Labute approximate surface area is 120 Å². The normalized spacial score (nSPS) is 12.3. The van der Waals surface area contributed by atoms with Gasteiger partial charge >= 0.3 is 0 Å². The van der Waals surface area contributed by atoms with E-state index in [0.29, 0.717) is 19.0 Å². The molecule has 0 radical (unpaired) electrons. The van der Waals surface area contributed by atoms with Gasteiger partial charge in [0.15, 0.2) is 0 Å². The van der Waals surface area contributed by atoms with E-state index in [1.807, 2.05) is 30.3 Å². The lowest BCUT2D eigenvalue weighted by atomic mass is 10.1. The van der Waals surface area contributed by atoms with Crippen molar-refractivity contribution in [3.8, 4) is 0 Å². The summed E-state index contributed by atoms with van der Waals surface area (Å²) in [5.41, 5.74) is 0.886. The third-order valence-electron chi connectivity index (χ3n) is 3.52. The van der Waals surface area contributed by atoms with Crippen molar-refractivity contribution in [3.63, 3.8) is 0 Å². The summed E-state index contributed by atoms with van der Waals surface area (Å²) in [6, 6.07) is 14.5. The number of hydrogen-bond donors (Lipinski definition) is 2. The minimum atomic E-state index is 0.0529. The second kappa shape index (κ2) is 7.06. The molecule has 1 amide bonds. The zero-order valence-corrected chi connectivity index (χ0v) is 12.1. The van der Waals surface area contributed by atoms with Crippen LogP contribution in [0.1, 0.15) is 26.7 Å². The van der Waals surface area contributed by atoms with Gasteiger partial charge in [-0.15, -0.1) is 0 Å². The SMILES string of the molecule is CCC(C)NCCC(=O)Nc1cccc2ccccc12. The molecule has 3 nitrogen and oxygen atoms in total. The molecule has 0 aliphatic rings. The van der Waals surface area contributed by atoms with Gasteiger partial charge in [0, 0.05) is 30.1 Å². The second-order valence-electron chi connectivity index (χ2n) is 5.09. The van der Waals surface area contributed by atoms with Crippen LogP contribution in [0.5, 0.6) is 0 Å². The van der Waals surface area contributed by atoms with Crippen LogP contribution in [-0.4, -0.2) is 18.5 Å². The first-order valence-electron chi connectivity index (χ1n) is 7.21. The van der Waals surface area contributed by atoms with E-state index in [4.69, 9.17) is 0 Å². The summed E-state index contributed by atoms with van der Waals surface area (Å²) in [4.78, 5) is 12.0. The number of carbonyl (C=O) groups is 1. The Kier molecular flexibility index (Phi) is 5.13. The fraction of sp³-hybridized carbons (Fsp3) is 0.353. The van der Waals surface area contributed by atoms with Crippen molar-refractivity contribution in [2.24, 2.45) is 0 Å². The number of amides is 1. The number of benzene rings is 2. The van der Waals surface area contributed by atoms with E-state index in [1.54, 1.807) is 0 Å². The number of anilines is 1. The van der Waals surface area contributed by atoms with Gasteiger partial charge in [0.2, 0.25) is 5.91 Å². The second-order valence-corrected chi connectivity index (χ2v) is 5.09. The monoisotopic (exact) mass is 270 g/mol. The van der Waals surface area contributed by atoms with Gasteiger partial charge in [-0.25, -0.2) is 0 Å². The van der Waals surface area contributed by atoms with E-state index in [-0.39, 0.29) is 5.91 Å². The molecular formula is C17H22N2O. The number of carbonyl (C=O) groups excluding carboxylic acids is 1. The molecule has 0 aliphatic heterocycles. The van der Waals surface area contributed by atoms with E-state index < -0.39 is 0 Å². The van der Waals surface area contributed by atoms with E-state index in [1.165, 1.54) is 0 Å². The van der Waals surface area contributed by atoms with Crippen molar-refractivity contribution < 1.29 is 4.79 Å². The Hall–Kier alpha value is -1.87. The highest BCUT2D eigenvalue weighted by atomic mass is 16.1. The van der Waals surface area contributed by atoms with Gasteiger partial charge in [-0.1, -0.05) is 43.3 Å². The Balaban J connectivity index is 1.96. The van der Waals surface area contributed by atoms with Crippen LogP contribution in [0.15, 0.2) is 42.5 Å². The lowest BCUT2D eigenvalue weighted by Gasteiger charge is -2.12. The van der Waals surface area contributed by atoms with Crippen LogP contribution in [0.25, 0.3) is 10.8 Å². The summed E-state index contributed by atoms with van der Waals surface area (Å²) in [5.74, 6) is 0.0529. The molecule has 0 saturated carbocycles. The van der Waals surface area contributed by atoms with Gasteiger partial charge in [-0.2, -0.15) is 0 Å². The number of hydrogen-bond acceptors (Lipinski definition) is 2. The highest BCUT2D eigenvalue weighted by molar-refractivity contribution is 6.02. The van der Waals surface area contributed by atoms with Crippen LogP contribution >= 0.6 is 0 Å². The smallest absolute Gasteiger partial charge is 0.225 e. The van der Waals surface area contributed by atoms with Crippen LogP contribution < -0.4 is 10.6 Å². The molecule has 0 fully saturated rings. The molecule has 0 aliphatic carbocycles. The predicted octanol–water partition coefficient (Wildman–Crippen LogP) is 3.56. The highest BCUT2D eigenvalue weighted by Gasteiger charge is 2.06. The van der Waals surface area contributed by atoms with E-state index >= 15 is 0 Å². The maximum atomic E-state index is 12.0. The molecule has 2 N–H and O–H groups in total. The number of fused-ring (bicyclic) bond motifs is 1. The molecule has 2 aromatic carbocycles. The maximum Gasteiger partial charge on any atom is 0.225 e. The largest absolute Gasteiger partial charge is 0.325 e. The first-order chi connectivity index (χ1) is 9.70. The van der Waals surface area contributed by atoms with Gasteiger partial charge in [-0.05, 0) is 24.8 Å². The van der Waals surface area contributed by atoms with Crippen molar-refractivity contribution in [1.82, 2.24) is 5.32 Å². The average Bonchev–Trinajstić information content (AvgIpc) is 2.47. The molecule has 0 aromatic heterocycles. The molecule has 2 aromatic rings. The molecule has 2 rings (SSSR count). The summed E-state index contributed by atoms with van der Waals surface area (Å²) >= 11 is 0. The molecule has 0 saturated heterocycles. The Bertz CT molecular complexity index is 575. The molecule has 0 heterocycles. The zero-order valence-electron chi connectivity index (χ0n) is 12.1. The first kappa shape index (κ1) is 14.5. The van der Waals surface area contributed by atoms with Crippen LogP contribution in [0.4, 0.5) is 5.69 Å². The van der Waals surface area contributed by atoms with Crippen molar-refractivity contribution >= 4 is 22.4 Å². The van der Waals surface area contributed by atoms with Gasteiger partial charge < -0.3 is 10.6 Å². The Morgan fingerprint density at radius 1 is 1.15 bits per heavy atom. The quantitative estimate of drug-likeness (QED) is 0.842. The number of nitrogens with one attached hydrogen (secondary N) is 2. The molecular weight excluding hydrogens is 248 g/mol. The molecule has 106 valence electrons. The average molecular weight is 270 g/mol. The fourth-order valence-corrected chi connectivity index (χ4v) is 2.12. The summed E-state index contributed by atoms with van der Waals surface area (Å²) < 4.78 is 0. The number of rotatable bonds is 6. The Morgan fingerprint density at radius 3 is 2.70 bits per heavy atom.